The molecule has 0 radical (unpaired) electrons. The third-order valence-electron chi connectivity index (χ3n) is 4.49. The highest BCUT2D eigenvalue weighted by molar-refractivity contribution is 6.44. The molecule has 1 heterocycles. The normalized spacial score (nSPS) is 19.0. The minimum absolute atomic E-state index is 0.185. The van der Waals surface area contributed by atoms with E-state index in [-0.39, 0.29) is 20.8 Å². The maximum atomic E-state index is 12.9. The number of halogens is 3. The topological polar surface area (TPSA) is 78.5 Å². The van der Waals surface area contributed by atoms with Crippen molar-refractivity contribution in [3.63, 3.8) is 0 Å². The molecule has 2 N–H and O–H groups in total. The second-order valence-electron chi connectivity index (χ2n) is 6.61. The van der Waals surface area contributed by atoms with Crippen LogP contribution in [0.15, 0.2) is 36.4 Å². The summed E-state index contributed by atoms with van der Waals surface area (Å²) >= 11 is 17.8. The van der Waals surface area contributed by atoms with Crippen molar-refractivity contribution in [2.45, 2.75) is 19.4 Å². The fourth-order valence-corrected chi connectivity index (χ4v) is 3.47. The van der Waals surface area contributed by atoms with Gasteiger partial charge < -0.3 is 10.6 Å². The number of carbonyl (C=O) groups is 3. The number of nitrogens with one attached hydrogen (secondary N) is 2. The first-order valence-electron chi connectivity index (χ1n) is 8.27. The SMILES string of the molecule is Cc1ccc([C@@]2(C)NC(=O)N(CC(=O)Nc3cc(Cl)c(Cl)cc3Cl)C2=O)cc1. The van der Waals surface area contributed by atoms with E-state index in [1.165, 1.54) is 12.1 Å². The Balaban J connectivity index is 1.76. The number of anilines is 1. The number of hydrogen-bond acceptors (Lipinski definition) is 3. The molecule has 9 heteroatoms. The second-order valence-corrected chi connectivity index (χ2v) is 7.83. The molecular formula is C19H16Cl3N3O3. The first-order chi connectivity index (χ1) is 13.1. The molecule has 0 unspecified atom stereocenters. The summed E-state index contributed by atoms with van der Waals surface area (Å²) in [5.74, 6) is -1.12. The van der Waals surface area contributed by atoms with E-state index in [9.17, 15) is 14.4 Å². The van der Waals surface area contributed by atoms with Gasteiger partial charge in [0.05, 0.1) is 20.8 Å². The van der Waals surface area contributed by atoms with E-state index in [2.05, 4.69) is 10.6 Å². The molecule has 146 valence electrons. The summed E-state index contributed by atoms with van der Waals surface area (Å²) in [4.78, 5) is 38.5. The van der Waals surface area contributed by atoms with Gasteiger partial charge in [-0.1, -0.05) is 64.6 Å². The van der Waals surface area contributed by atoms with E-state index in [1.54, 1.807) is 19.1 Å². The van der Waals surface area contributed by atoms with E-state index in [4.69, 9.17) is 34.8 Å². The number of urea groups is 1. The van der Waals surface area contributed by atoms with Gasteiger partial charge in [-0.25, -0.2) is 4.79 Å². The Bertz CT molecular complexity index is 978. The number of benzene rings is 2. The first kappa shape index (κ1) is 20.5. The van der Waals surface area contributed by atoms with Crippen molar-refractivity contribution in [2.75, 3.05) is 11.9 Å². The van der Waals surface area contributed by atoms with Crippen LogP contribution in [0.1, 0.15) is 18.1 Å². The molecule has 2 aromatic rings. The van der Waals surface area contributed by atoms with Crippen LogP contribution in [0.5, 0.6) is 0 Å². The minimum atomic E-state index is -1.24. The molecule has 2 aromatic carbocycles. The number of aryl methyl sites for hydroxylation is 1. The van der Waals surface area contributed by atoms with Gasteiger partial charge in [0.15, 0.2) is 0 Å². The number of carbonyl (C=O) groups excluding carboxylic acids is 3. The van der Waals surface area contributed by atoms with Crippen LogP contribution in [0.25, 0.3) is 0 Å². The molecule has 1 atom stereocenters. The summed E-state index contributed by atoms with van der Waals surface area (Å²) in [7, 11) is 0. The molecule has 0 saturated carbocycles. The average molecular weight is 441 g/mol. The number of hydrogen-bond donors (Lipinski definition) is 2. The number of imide groups is 1. The lowest BCUT2D eigenvalue weighted by Crippen LogP contribution is -2.42. The smallest absolute Gasteiger partial charge is 0.323 e. The van der Waals surface area contributed by atoms with Crippen LogP contribution in [0, 0.1) is 6.92 Å². The minimum Gasteiger partial charge on any atom is -0.323 e. The molecule has 28 heavy (non-hydrogen) atoms. The van der Waals surface area contributed by atoms with Gasteiger partial charge in [0.2, 0.25) is 5.91 Å². The maximum Gasteiger partial charge on any atom is 0.325 e. The molecule has 0 spiro atoms. The lowest BCUT2D eigenvalue weighted by molar-refractivity contribution is -0.133. The van der Waals surface area contributed by atoms with Gasteiger partial charge in [0.1, 0.15) is 12.1 Å². The van der Waals surface area contributed by atoms with Crippen LogP contribution in [0.4, 0.5) is 10.5 Å². The zero-order valence-electron chi connectivity index (χ0n) is 15.0. The summed E-state index contributed by atoms with van der Waals surface area (Å²) in [6.07, 6.45) is 0. The fraction of sp³-hybridized carbons (Fsp3) is 0.211. The van der Waals surface area contributed by atoms with E-state index in [0.717, 1.165) is 10.5 Å². The third-order valence-corrected chi connectivity index (χ3v) is 5.52. The van der Waals surface area contributed by atoms with Gasteiger partial charge in [-0.15, -0.1) is 0 Å². The molecule has 1 fully saturated rings. The van der Waals surface area contributed by atoms with Crippen molar-refractivity contribution in [1.29, 1.82) is 0 Å². The molecule has 1 saturated heterocycles. The molecular weight excluding hydrogens is 425 g/mol. The highest BCUT2D eigenvalue weighted by Gasteiger charge is 2.49. The van der Waals surface area contributed by atoms with Crippen LogP contribution in [0.2, 0.25) is 15.1 Å². The summed E-state index contributed by atoms with van der Waals surface area (Å²) in [6, 6.07) is 9.38. The highest BCUT2D eigenvalue weighted by Crippen LogP contribution is 2.33. The number of nitrogens with zero attached hydrogens (tertiary/aromatic N) is 1. The van der Waals surface area contributed by atoms with Crippen molar-refractivity contribution in [2.24, 2.45) is 0 Å². The molecule has 3 rings (SSSR count). The van der Waals surface area contributed by atoms with Crippen LogP contribution in [0.3, 0.4) is 0 Å². The first-order valence-corrected chi connectivity index (χ1v) is 9.41. The lowest BCUT2D eigenvalue weighted by atomic mass is 9.91. The molecule has 6 nitrogen and oxygen atoms in total. The van der Waals surface area contributed by atoms with Gasteiger partial charge >= 0.3 is 6.03 Å². The summed E-state index contributed by atoms with van der Waals surface area (Å²) in [5.41, 5.74) is 0.645. The van der Waals surface area contributed by atoms with Crippen LogP contribution in [-0.4, -0.2) is 29.3 Å². The van der Waals surface area contributed by atoms with Gasteiger partial charge in [0.25, 0.3) is 5.91 Å². The quantitative estimate of drug-likeness (QED) is 0.548. The maximum absolute atomic E-state index is 12.9. The van der Waals surface area contributed by atoms with Crippen LogP contribution < -0.4 is 10.6 Å². The predicted molar refractivity (Wildman–Crippen MR) is 109 cm³/mol. The van der Waals surface area contributed by atoms with Gasteiger partial charge in [-0.05, 0) is 31.5 Å². The summed E-state index contributed by atoms with van der Waals surface area (Å²) in [6.45, 7) is 3.06. The van der Waals surface area contributed by atoms with Crippen LogP contribution >= 0.6 is 34.8 Å². The average Bonchev–Trinajstić information content (AvgIpc) is 2.84. The van der Waals surface area contributed by atoms with Gasteiger partial charge in [-0.3, -0.25) is 14.5 Å². The Morgan fingerprint density at radius 2 is 1.68 bits per heavy atom. The van der Waals surface area contributed by atoms with Gasteiger partial charge in [0, 0.05) is 0 Å². The largest absolute Gasteiger partial charge is 0.325 e. The Morgan fingerprint density at radius 3 is 2.32 bits per heavy atom. The molecule has 0 aliphatic carbocycles. The number of rotatable bonds is 4. The summed E-state index contributed by atoms with van der Waals surface area (Å²) < 4.78 is 0. The fourth-order valence-electron chi connectivity index (χ4n) is 2.87. The predicted octanol–water partition coefficient (Wildman–Crippen LogP) is 4.36. The zero-order valence-corrected chi connectivity index (χ0v) is 17.2. The monoisotopic (exact) mass is 439 g/mol. The standard InChI is InChI=1S/C19H16Cl3N3O3/c1-10-3-5-11(6-4-10)19(2)17(27)25(18(28)24-19)9-16(26)23-15-8-13(21)12(20)7-14(15)22/h3-8H,9H2,1-2H3,(H,23,26)(H,24,28)/t19-/m1/s1. The Labute approximate surface area is 176 Å². The van der Waals surface area contributed by atoms with E-state index in [0.29, 0.717) is 5.56 Å². The molecule has 4 amide bonds. The van der Waals surface area contributed by atoms with E-state index < -0.39 is 29.9 Å². The van der Waals surface area contributed by atoms with E-state index in [1.807, 2.05) is 19.1 Å². The van der Waals surface area contributed by atoms with Crippen molar-refractivity contribution < 1.29 is 14.4 Å². The van der Waals surface area contributed by atoms with Gasteiger partial charge in [-0.2, -0.15) is 0 Å². The molecule has 1 aliphatic heterocycles. The molecule has 1 aliphatic rings. The van der Waals surface area contributed by atoms with Crippen molar-refractivity contribution >= 4 is 58.3 Å². The van der Waals surface area contributed by atoms with E-state index >= 15 is 0 Å². The van der Waals surface area contributed by atoms with Crippen molar-refractivity contribution in [1.82, 2.24) is 10.2 Å². The Morgan fingerprint density at radius 1 is 1.07 bits per heavy atom. The molecule has 0 bridgehead atoms. The third kappa shape index (κ3) is 3.81. The van der Waals surface area contributed by atoms with Crippen molar-refractivity contribution in [3.8, 4) is 0 Å². The highest BCUT2D eigenvalue weighted by atomic mass is 35.5. The number of amides is 4. The second kappa shape index (κ2) is 7.62. The lowest BCUT2D eigenvalue weighted by Gasteiger charge is -2.22. The zero-order chi connectivity index (χ0) is 20.6. The Hall–Kier alpha value is -2.28. The van der Waals surface area contributed by atoms with Crippen LogP contribution in [-0.2, 0) is 15.1 Å². The van der Waals surface area contributed by atoms with Crippen molar-refractivity contribution in [3.05, 3.63) is 62.6 Å². The Kier molecular flexibility index (Phi) is 5.57. The summed E-state index contributed by atoms with van der Waals surface area (Å²) in [5, 5.41) is 5.83. The molecule has 0 aromatic heterocycles.